The zero-order chi connectivity index (χ0) is 25.3. The molecule has 3 aromatic rings. The van der Waals surface area contributed by atoms with Crippen LogP contribution in [-0.2, 0) is 16.6 Å². The molecule has 2 aliphatic rings. The van der Waals surface area contributed by atoms with Crippen LogP contribution < -0.4 is 14.3 Å². The van der Waals surface area contributed by atoms with Gasteiger partial charge in [0.2, 0.25) is 10.0 Å². The molecule has 1 fully saturated rings. The number of amides is 1. The predicted octanol–water partition coefficient (Wildman–Crippen LogP) is 4.35. The van der Waals surface area contributed by atoms with Gasteiger partial charge in [-0.15, -0.1) is 6.58 Å². The smallest absolute Gasteiger partial charge is 0.279 e. The number of allylic oxidation sites excluding steroid dienone is 1. The number of fused-ring (bicyclic) bond motifs is 2. The molecule has 2 heterocycles. The van der Waals surface area contributed by atoms with Gasteiger partial charge in [-0.2, -0.15) is 9.30 Å². The van der Waals surface area contributed by atoms with Crippen molar-refractivity contribution in [2.24, 2.45) is 4.99 Å². The summed E-state index contributed by atoms with van der Waals surface area (Å²) in [7, 11) is -1.98. The standard InChI is InChI=1S/C26H29N3O5S2/c1-3-13-29-21-16-22-23(34-15-14-33-22)17-24(21)35-26(29)27-25(30)18-9-11-20(12-10-18)36(31,32)28(2)19-7-5-4-6-8-19/h3,9-12,16-17,19H,1,4-8,13-15H2,2H3. The number of carbonyl (C=O) groups excluding carboxylic acids is 1. The summed E-state index contributed by atoms with van der Waals surface area (Å²) in [5.74, 6) is 0.895. The first-order valence-electron chi connectivity index (χ1n) is 12.1. The van der Waals surface area contributed by atoms with Gasteiger partial charge in [-0.05, 0) is 37.1 Å². The van der Waals surface area contributed by atoms with Gasteiger partial charge >= 0.3 is 0 Å². The van der Waals surface area contributed by atoms with Crippen LogP contribution in [0, 0.1) is 0 Å². The summed E-state index contributed by atoms with van der Waals surface area (Å²) in [5.41, 5.74) is 1.20. The lowest BCUT2D eigenvalue weighted by Gasteiger charge is -2.30. The van der Waals surface area contributed by atoms with Gasteiger partial charge < -0.3 is 14.0 Å². The summed E-state index contributed by atoms with van der Waals surface area (Å²) in [6.07, 6.45) is 6.76. The average molecular weight is 528 g/mol. The highest BCUT2D eigenvalue weighted by molar-refractivity contribution is 7.89. The molecule has 10 heteroatoms. The molecule has 0 saturated heterocycles. The zero-order valence-corrected chi connectivity index (χ0v) is 21.8. The Kier molecular flexibility index (Phi) is 7.00. The van der Waals surface area contributed by atoms with E-state index in [1.165, 1.54) is 39.9 Å². The first kappa shape index (κ1) is 24.7. The van der Waals surface area contributed by atoms with E-state index in [2.05, 4.69) is 11.6 Å². The molecule has 0 spiro atoms. The van der Waals surface area contributed by atoms with Crippen LogP contribution >= 0.6 is 11.3 Å². The van der Waals surface area contributed by atoms with Crippen molar-refractivity contribution in [1.82, 2.24) is 8.87 Å². The molecule has 0 unspecified atom stereocenters. The molecular weight excluding hydrogens is 498 g/mol. The van der Waals surface area contributed by atoms with Crippen LogP contribution in [0.3, 0.4) is 0 Å². The van der Waals surface area contributed by atoms with E-state index in [0.29, 0.717) is 41.6 Å². The highest BCUT2D eigenvalue weighted by Crippen LogP contribution is 2.35. The van der Waals surface area contributed by atoms with Crippen molar-refractivity contribution in [3.05, 3.63) is 59.4 Å². The molecule has 0 bridgehead atoms. The van der Waals surface area contributed by atoms with Gasteiger partial charge in [-0.3, -0.25) is 4.79 Å². The van der Waals surface area contributed by atoms with Crippen LogP contribution in [0.4, 0.5) is 0 Å². The van der Waals surface area contributed by atoms with E-state index in [4.69, 9.17) is 9.47 Å². The number of hydrogen-bond acceptors (Lipinski definition) is 6. The predicted molar refractivity (Wildman–Crippen MR) is 139 cm³/mol. The summed E-state index contributed by atoms with van der Waals surface area (Å²) >= 11 is 1.38. The van der Waals surface area contributed by atoms with Crippen molar-refractivity contribution in [1.29, 1.82) is 0 Å². The second-order valence-corrected chi connectivity index (χ2v) is 12.0. The molecule has 1 aromatic heterocycles. The van der Waals surface area contributed by atoms with Gasteiger partial charge in [-0.25, -0.2) is 8.42 Å². The van der Waals surface area contributed by atoms with Crippen LogP contribution in [-0.4, -0.2) is 49.5 Å². The maximum atomic E-state index is 13.1. The van der Waals surface area contributed by atoms with E-state index in [9.17, 15) is 13.2 Å². The van der Waals surface area contributed by atoms with Gasteiger partial charge in [0.25, 0.3) is 5.91 Å². The number of thiazole rings is 1. The molecular formula is C26H29N3O5S2. The van der Waals surface area contributed by atoms with E-state index in [0.717, 1.165) is 42.3 Å². The Morgan fingerprint density at radius 3 is 2.47 bits per heavy atom. The lowest BCUT2D eigenvalue weighted by Crippen LogP contribution is -2.38. The lowest BCUT2D eigenvalue weighted by molar-refractivity contribution is 0.0997. The zero-order valence-electron chi connectivity index (χ0n) is 20.2. The molecule has 5 rings (SSSR count). The Balaban J connectivity index is 1.44. The fraction of sp³-hybridized carbons (Fsp3) is 0.385. The van der Waals surface area contributed by atoms with Crippen LogP contribution in [0.15, 0.2) is 58.9 Å². The monoisotopic (exact) mass is 527 g/mol. The summed E-state index contributed by atoms with van der Waals surface area (Å²) < 4.78 is 41.9. The highest BCUT2D eigenvalue weighted by Gasteiger charge is 2.29. The molecule has 0 radical (unpaired) electrons. The molecule has 190 valence electrons. The Morgan fingerprint density at radius 1 is 1.14 bits per heavy atom. The number of hydrogen-bond donors (Lipinski definition) is 0. The minimum absolute atomic E-state index is 0.0230. The van der Waals surface area contributed by atoms with Crippen molar-refractivity contribution in [2.75, 3.05) is 20.3 Å². The van der Waals surface area contributed by atoms with Crippen molar-refractivity contribution >= 4 is 37.5 Å². The quantitative estimate of drug-likeness (QED) is 0.445. The normalized spacial score (nSPS) is 17.0. The molecule has 1 aliphatic heterocycles. The fourth-order valence-corrected chi connectivity index (χ4v) is 7.19. The van der Waals surface area contributed by atoms with Gasteiger partial charge in [0.15, 0.2) is 16.3 Å². The number of ether oxygens (including phenoxy) is 2. The van der Waals surface area contributed by atoms with Crippen molar-refractivity contribution in [2.45, 2.75) is 49.6 Å². The molecule has 0 N–H and O–H groups in total. The number of benzene rings is 2. The minimum atomic E-state index is -3.62. The van der Waals surface area contributed by atoms with Gasteiger partial charge in [0.05, 0.1) is 15.1 Å². The molecule has 2 aromatic carbocycles. The van der Waals surface area contributed by atoms with Gasteiger partial charge in [-0.1, -0.05) is 36.7 Å². The maximum Gasteiger partial charge on any atom is 0.279 e. The summed E-state index contributed by atoms with van der Waals surface area (Å²) in [4.78, 5) is 18.1. The van der Waals surface area contributed by atoms with Crippen LogP contribution in [0.1, 0.15) is 42.5 Å². The fourth-order valence-electron chi connectivity index (χ4n) is 4.73. The summed E-state index contributed by atoms with van der Waals surface area (Å²) in [6, 6.07) is 9.86. The van der Waals surface area contributed by atoms with Crippen LogP contribution in [0.2, 0.25) is 0 Å². The number of nitrogens with zero attached hydrogens (tertiary/aromatic N) is 3. The summed E-state index contributed by atoms with van der Waals surface area (Å²) in [5, 5.41) is 0. The lowest BCUT2D eigenvalue weighted by atomic mass is 9.96. The topological polar surface area (TPSA) is 90.2 Å². The number of sulfonamides is 1. The van der Waals surface area contributed by atoms with E-state index in [1.807, 2.05) is 16.7 Å². The third-order valence-electron chi connectivity index (χ3n) is 6.72. The minimum Gasteiger partial charge on any atom is -0.486 e. The largest absolute Gasteiger partial charge is 0.486 e. The molecule has 1 aliphatic carbocycles. The molecule has 1 amide bonds. The number of rotatable bonds is 6. The first-order valence-corrected chi connectivity index (χ1v) is 14.3. The van der Waals surface area contributed by atoms with Crippen molar-refractivity contribution in [3.63, 3.8) is 0 Å². The Hall–Kier alpha value is -2.95. The number of aromatic nitrogens is 1. The van der Waals surface area contributed by atoms with E-state index in [-0.39, 0.29) is 10.9 Å². The summed E-state index contributed by atoms with van der Waals surface area (Å²) in [6.45, 7) is 5.28. The van der Waals surface area contributed by atoms with Crippen molar-refractivity contribution < 1.29 is 22.7 Å². The second-order valence-electron chi connectivity index (χ2n) is 9.00. The van der Waals surface area contributed by atoms with Crippen molar-refractivity contribution in [3.8, 4) is 11.5 Å². The molecule has 8 nitrogen and oxygen atoms in total. The average Bonchev–Trinajstić information content (AvgIpc) is 3.23. The third kappa shape index (κ3) is 4.72. The Bertz CT molecular complexity index is 1470. The van der Waals surface area contributed by atoms with E-state index >= 15 is 0 Å². The maximum absolute atomic E-state index is 13.1. The van der Waals surface area contributed by atoms with Crippen LogP contribution in [0.25, 0.3) is 10.2 Å². The van der Waals surface area contributed by atoms with Gasteiger partial charge in [0.1, 0.15) is 13.2 Å². The SMILES string of the molecule is C=CCn1c(=NC(=O)c2ccc(S(=O)(=O)N(C)C3CCCCC3)cc2)sc2cc3c(cc21)OCCO3. The van der Waals surface area contributed by atoms with Crippen LogP contribution in [0.5, 0.6) is 11.5 Å². The van der Waals surface area contributed by atoms with E-state index in [1.54, 1.807) is 13.1 Å². The molecule has 0 atom stereocenters. The highest BCUT2D eigenvalue weighted by atomic mass is 32.2. The second kappa shape index (κ2) is 10.2. The Labute approximate surface area is 214 Å². The first-order chi connectivity index (χ1) is 17.4. The molecule has 36 heavy (non-hydrogen) atoms. The van der Waals surface area contributed by atoms with E-state index < -0.39 is 15.9 Å². The van der Waals surface area contributed by atoms with Gasteiger partial charge in [0, 0.05) is 37.3 Å². The third-order valence-corrected chi connectivity index (χ3v) is 9.69. The molecule has 1 saturated carbocycles. The Morgan fingerprint density at radius 2 is 1.81 bits per heavy atom. The number of carbonyl (C=O) groups is 1.